The standard InChI is InChI=1S/C8H5BrNO2/c1-4-2-5(9)7-6(3-4)10-8(11)12-7/h2-3H,1H2,(H,10,11). The van der Waals surface area contributed by atoms with Crippen molar-refractivity contribution in [3.05, 3.63) is 39.6 Å². The van der Waals surface area contributed by atoms with Crippen molar-refractivity contribution in [3.63, 3.8) is 0 Å². The molecule has 2 aromatic rings. The molecule has 0 aliphatic heterocycles. The van der Waals surface area contributed by atoms with E-state index in [9.17, 15) is 4.79 Å². The molecule has 2 rings (SSSR count). The quantitative estimate of drug-likeness (QED) is 0.748. The highest BCUT2D eigenvalue weighted by Gasteiger charge is 2.04. The Morgan fingerprint density at radius 1 is 1.50 bits per heavy atom. The van der Waals surface area contributed by atoms with Gasteiger partial charge in [-0.1, -0.05) is 0 Å². The Bertz CT molecular complexity index is 483. The van der Waals surface area contributed by atoms with E-state index >= 15 is 0 Å². The van der Waals surface area contributed by atoms with Crippen LogP contribution in [0.2, 0.25) is 0 Å². The summed E-state index contributed by atoms with van der Waals surface area (Å²) in [6.07, 6.45) is 0. The summed E-state index contributed by atoms with van der Waals surface area (Å²) in [6, 6.07) is 3.55. The maximum Gasteiger partial charge on any atom is 0.417 e. The number of hydrogen-bond acceptors (Lipinski definition) is 2. The van der Waals surface area contributed by atoms with Gasteiger partial charge in [0.25, 0.3) is 0 Å². The number of nitrogens with one attached hydrogen (secondary N) is 1. The zero-order valence-corrected chi connectivity index (χ0v) is 7.64. The Hall–Kier alpha value is -1.03. The second-order valence-electron chi connectivity index (χ2n) is 2.47. The van der Waals surface area contributed by atoms with E-state index in [-0.39, 0.29) is 0 Å². The lowest BCUT2D eigenvalue weighted by Gasteiger charge is -1.93. The first-order chi connectivity index (χ1) is 5.66. The van der Waals surface area contributed by atoms with Crippen LogP contribution < -0.4 is 5.76 Å². The normalized spacial score (nSPS) is 10.8. The number of hydrogen-bond donors (Lipinski definition) is 1. The summed E-state index contributed by atoms with van der Waals surface area (Å²) >= 11 is 3.27. The van der Waals surface area contributed by atoms with Gasteiger partial charge in [0.15, 0.2) is 5.58 Å². The number of aromatic nitrogens is 1. The molecule has 4 heteroatoms. The first kappa shape index (κ1) is 7.61. The first-order valence-electron chi connectivity index (χ1n) is 3.31. The fourth-order valence-corrected chi connectivity index (χ4v) is 1.66. The number of oxazole rings is 1. The van der Waals surface area contributed by atoms with Gasteiger partial charge in [0, 0.05) is 0 Å². The number of aromatic amines is 1. The highest BCUT2D eigenvalue weighted by atomic mass is 79.9. The molecule has 0 spiro atoms. The van der Waals surface area contributed by atoms with E-state index in [1.54, 1.807) is 12.1 Å². The Kier molecular flexibility index (Phi) is 1.58. The fourth-order valence-electron chi connectivity index (χ4n) is 1.07. The highest BCUT2D eigenvalue weighted by molar-refractivity contribution is 9.10. The summed E-state index contributed by atoms with van der Waals surface area (Å²) in [7, 11) is 0. The molecule has 0 saturated carbocycles. The van der Waals surface area contributed by atoms with Gasteiger partial charge in [-0.25, -0.2) is 4.79 Å². The number of rotatable bonds is 0. The first-order valence-corrected chi connectivity index (χ1v) is 4.10. The molecule has 1 heterocycles. The van der Waals surface area contributed by atoms with Crippen molar-refractivity contribution in [2.24, 2.45) is 0 Å². The van der Waals surface area contributed by atoms with Crippen LogP contribution in [0, 0.1) is 6.92 Å². The molecule has 12 heavy (non-hydrogen) atoms. The number of H-pyrrole nitrogens is 1. The van der Waals surface area contributed by atoms with Crippen molar-refractivity contribution in [1.82, 2.24) is 4.98 Å². The molecule has 0 aliphatic carbocycles. The van der Waals surface area contributed by atoms with Crippen molar-refractivity contribution in [1.29, 1.82) is 0 Å². The van der Waals surface area contributed by atoms with Gasteiger partial charge in [-0.2, -0.15) is 0 Å². The smallest absolute Gasteiger partial charge is 0.407 e. The summed E-state index contributed by atoms with van der Waals surface area (Å²) in [5.41, 5.74) is 2.03. The third-order valence-electron chi connectivity index (χ3n) is 1.53. The summed E-state index contributed by atoms with van der Waals surface area (Å²) in [5.74, 6) is -0.448. The van der Waals surface area contributed by atoms with Crippen LogP contribution in [-0.4, -0.2) is 4.98 Å². The van der Waals surface area contributed by atoms with E-state index in [2.05, 4.69) is 27.8 Å². The van der Waals surface area contributed by atoms with Crippen LogP contribution in [0.15, 0.2) is 25.8 Å². The Morgan fingerprint density at radius 2 is 2.25 bits per heavy atom. The van der Waals surface area contributed by atoms with E-state index in [0.717, 1.165) is 10.0 Å². The summed E-state index contributed by atoms with van der Waals surface area (Å²) in [4.78, 5) is 13.3. The molecule has 0 amide bonds. The van der Waals surface area contributed by atoms with E-state index < -0.39 is 5.76 Å². The number of halogens is 1. The van der Waals surface area contributed by atoms with Gasteiger partial charge >= 0.3 is 5.76 Å². The zero-order valence-electron chi connectivity index (χ0n) is 6.06. The average Bonchev–Trinajstić information content (AvgIpc) is 2.29. The van der Waals surface area contributed by atoms with E-state index in [4.69, 9.17) is 4.42 Å². The molecular weight excluding hydrogens is 222 g/mol. The second kappa shape index (κ2) is 2.48. The molecule has 61 valence electrons. The van der Waals surface area contributed by atoms with Crippen molar-refractivity contribution < 1.29 is 4.42 Å². The monoisotopic (exact) mass is 226 g/mol. The maximum atomic E-state index is 10.8. The predicted octanol–water partition coefficient (Wildman–Crippen LogP) is 2.07. The Labute approximate surface area is 76.5 Å². The van der Waals surface area contributed by atoms with Crippen molar-refractivity contribution in [2.45, 2.75) is 0 Å². The van der Waals surface area contributed by atoms with Gasteiger partial charge in [0.05, 0.1) is 9.99 Å². The molecule has 1 aromatic carbocycles. The van der Waals surface area contributed by atoms with Crippen LogP contribution in [-0.2, 0) is 0 Å². The summed E-state index contributed by atoms with van der Waals surface area (Å²) in [6.45, 7) is 3.75. The van der Waals surface area contributed by atoms with Crippen LogP contribution in [0.1, 0.15) is 5.56 Å². The Morgan fingerprint density at radius 3 is 3.00 bits per heavy atom. The van der Waals surface area contributed by atoms with Crippen LogP contribution >= 0.6 is 15.9 Å². The largest absolute Gasteiger partial charge is 0.417 e. The summed E-state index contributed by atoms with van der Waals surface area (Å²) < 4.78 is 5.61. The van der Waals surface area contributed by atoms with Crippen LogP contribution in [0.25, 0.3) is 11.1 Å². The number of benzene rings is 1. The van der Waals surface area contributed by atoms with Crippen molar-refractivity contribution in [3.8, 4) is 0 Å². The minimum atomic E-state index is -0.448. The molecule has 0 fully saturated rings. The third kappa shape index (κ3) is 1.08. The van der Waals surface area contributed by atoms with Crippen LogP contribution in [0.5, 0.6) is 0 Å². The Balaban J connectivity index is 2.97. The fraction of sp³-hybridized carbons (Fsp3) is 0. The zero-order chi connectivity index (χ0) is 8.72. The van der Waals surface area contributed by atoms with Crippen LogP contribution in [0.3, 0.4) is 0 Å². The van der Waals surface area contributed by atoms with Gasteiger partial charge in [-0.3, -0.25) is 4.98 Å². The lowest BCUT2D eigenvalue weighted by atomic mass is 10.2. The van der Waals surface area contributed by atoms with Gasteiger partial charge in [-0.05, 0) is 40.5 Å². The minimum absolute atomic E-state index is 0.448. The molecule has 0 atom stereocenters. The number of fused-ring (bicyclic) bond motifs is 1. The molecule has 0 saturated heterocycles. The highest BCUT2D eigenvalue weighted by Crippen LogP contribution is 2.22. The minimum Gasteiger partial charge on any atom is -0.407 e. The van der Waals surface area contributed by atoms with Gasteiger partial charge < -0.3 is 4.42 Å². The summed E-state index contributed by atoms with van der Waals surface area (Å²) in [5, 5.41) is 0. The second-order valence-corrected chi connectivity index (χ2v) is 3.32. The lowest BCUT2D eigenvalue weighted by molar-refractivity contribution is 0.554. The molecule has 1 radical (unpaired) electrons. The third-order valence-corrected chi connectivity index (χ3v) is 2.12. The van der Waals surface area contributed by atoms with Crippen molar-refractivity contribution >= 4 is 27.0 Å². The topological polar surface area (TPSA) is 46.0 Å². The molecule has 1 N–H and O–H groups in total. The lowest BCUT2D eigenvalue weighted by Crippen LogP contribution is -1.92. The molecular formula is C8H5BrNO2. The molecule has 0 unspecified atom stereocenters. The predicted molar refractivity (Wildman–Crippen MR) is 49.0 cm³/mol. The maximum absolute atomic E-state index is 10.8. The SMILES string of the molecule is [CH2]c1cc(Br)c2oc(=O)[nH]c2c1. The van der Waals surface area contributed by atoms with E-state index in [1.165, 1.54) is 0 Å². The molecule has 0 bridgehead atoms. The van der Waals surface area contributed by atoms with Crippen molar-refractivity contribution in [2.75, 3.05) is 0 Å². The van der Waals surface area contributed by atoms with E-state index in [1.807, 2.05) is 0 Å². The van der Waals surface area contributed by atoms with Gasteiger partial charge in [-0.15, -0.1) is 0 Å². The molecule has 1 aromatic heterocycles. The van der Waals surface area contributed by atoms with Gasteiger partial charge in [0.1, 0.15) is 0 Å². The van der Waals surface area contributed by atoms with E-state index in [0.29, 0.717) is 11.1 Å². The molecule has 3 nitrogen and oxygen atoms in total. The average molecular weight is 227 g/mol. The van der Waals surface area contributed by atoms with Crippen LogP contribution in [0.4, 0.5) is 0 Å². The molecule has 0 aliphatic rings. The van der Waals surface area contributed by atoms with Gasteiger partial charge in [0.2, 0.25) is 0 Å².